The summed E-state index contributed by atoms with van der Waals surface area (Å²) >= 11 is 0. The summed E-state index contributed by atoms with van der Waals surface area (Å²) in [6.45, 7) is 0.144. The molecule has 3 heterocycles. The molecule has 1 N–H and O–H groups in total. The smallest absolute Gasteiger partial charge is 0.251 e. The maximum atomic E-state index is 12.9. The minimum atomic E-state index is -1.58. The molecule has 176 valence electrons. The fourth-order valence-corrected chi connectivity index (χ4v) is 5.05. The molecule has 0 fully saturated rings. The molecule has 2 aromatic heterocycles. The van der Waals surface area contributed by atoms with E-state index in [0.29, 0.717) is 33.7 Å². The summed E-state index contributed by atoms with van der Waals surface area (Å²) in [5.41, 5.74) is 3.50. The number of aliphatic hydroxyl groups is 1. The molecule has 1 atom stereocenters. The van der Waals surface area contributed by atoms with Crippen LogP contribution in [0.2, 0.25) is 0 Å². The highest BCUT2D eigenvalue weighted by Crippen LogP contribution is 2.40. The van der Waals surface area contributed by atoms with Crippen LogP contribution in [0, 0.1) is 11.3 Å². The summed E-state index contributed by atoms with van der Waals surface area (Å²) < 4.78 is 9.48. The molecule has 0 saturated carbocycles. The number of hydrogen-bond acceptors (Lipinski definition) is 5. The lowest BCUT2D eigenvalue weighted by molar-refractivity contribution is 0.117. The second-order valence-electron chi connectivity index (χ2n) is 9.09. The molecule has 5 aromatic rings. The van der Waals surface area contributed by atoms with Gasteiger partial charge in [-0.25, -0.2) is 4.98 Å². The average molecular weight is 475 g/mol. The zero-order valence-electron chi connectivity index (χ0n) is 19.8. The Balaban J connectivity index is 1.77. The predicted octanol–water partition coefficient (Wildman–Crippen LogP) is 3.99. The van der Waals surface area contributed by atoms with E-state index in [0.717, 1.165) is 22.0 Å². The molecule has 36 heavy (non-hydrogen) atoms. The number of fused-ring (bicyclic) bond motifs is 6. The summed E-state index contributed by atoms with van der Waals surface area (Å²) in [6.07, 6.45) is 3.28. The lowest BCUT2D eigenvalue weighted by atomic mass is 9.81. The highest BCUT2D eigenvalue weighted by atomic mass is 16.5. The van der Waals surface area contributed by atoms with Crippen LogP contribution < -0.4 is 10.3 Å². The minimum Gasteiger partial charge on any atom is -0.489 e. The van der Waals surface area contributed by atoms with E-state index in [9.17, 15) is 15.2 Å². The van der Waals surface area contributed by atoms with Crippen molar-refractivity contribution in [2.45, 2.75) is 12.2 Å². The van der Waals surface area contributed by atoms with Crippen molar-refractivity contribution in [3.63, 3.8) is 0 Å². The van der Waals surface area contributed by atoms with Crippen LogP contribution in [0.25, 0.3) is 22.0 Å². The molecular weight excluding hydrogens is 452 g/mol. The van der Waals surface area contributed by atoms with E-state index in [1.807, 2.05) is 55.6 Å². The molecule has 0 spiro atoms. The van der Waals surface area contributed by atoms with Crippen molar-refractivity contribution < 1.29 is 9.84 Å². The van der Waals surface area contributed by atoms with Crippen molar-refractivity contribution >= 4 is 10.9 Å². The van der Waals surface area contributed by atoms with Gasteiger partial charge in [0.2, 0.25) is 0 Å². The fraction of sp³-hybridized carbons (Fsp3) is 0.138. The Morgan fingerprint density at radius 1 is 1.06 bits per heavy atom. The molecular formula is C29H22N4O3. The Hall–Kier alpha value is -4.67. The monoisotopic (exact) mass is 474 g/mol. The Morgan fingerprint density at radius 2 is 1.86 bits per heavy atom. The van der Waals surface area contributed by atoms with Gasteiger partial charge in [0, 0.05) is 31.1 Å². The molecule has 1 aliphatic heterocycles. The molecule has 6 rings (SSSR count). The topological polar surface area (TPSA) is 93.1 Å². The van der Waals surface area contributed by atoms with Crippen LogP contribution in [0.15, 0.2) is 84.0 Å². The number of ether oxygens (including phenoxy) is 1. The number of nitriles is 1. The number of aryl methyl sites for hydroxylation is 2. The lowest BCUT2D eigenvalue weighted by Gasteiger charge is -2.31. The number of pyridine rings is 1. The highest BCUT2D eigenvalue weighted by Gasteiger charge is 2.37. The second-order valence-corrected chi connectivity index (χ2v) is 9.09. The van der Waals surface area contributed by atoms with Gasteiger partial charge in [-0.2, -0.15) is 5.26 Å². The largest absolute Gasteiger partial charge is 0.489 e. The molecule has 0 amide bonds. The zero-order chi connectivity index (χ0) is 25.0. The summed E-state index contributed by atoms with van der Waals surface area (Å²) in [7, 11) is 3.57. The third-order valence-corrected chi connectivity index (χ3v) is 7.03. The van der Waals surface area contributed by atoms with Gasteiger partial charge in [-0.3, -0.25) is 4.79 Å². The highest BCUT2D eigenvalue weighted by molar-refractivity contribution is 5.95. The number of hydrogen-bond donors (Lipinski definition) is 1. The molecule has 0 unspecified atom stereocenters. The fourth-order valence-electron chi connectivity index (χ4n) is 5.05. The van der Waals surface area contributed by atoms with Crippen molar-refractivity contribution in [1.82, 2.24) is 14.1 Å². The maximum Gasteiger partial charge on any atom is 0.251 e. The Bertz CT molecular complexity index is 1780. The van der Waals surface area contributed by atoms with Crippen molar-refractivity contribution in [3.8, 4) is 22.9 Å². The lowest BCUT2D eigenvalue weighted by Crippen LogP contribution is -2.31. The van der Waals surface area contributed by atoms with Crippen molar-refractivity contribution in [2.24, 2.45) is 14.1 Å². The molecule has 7 heteroatoms. The van der Waals surface area contributed by atoms with E-state index in [1.165, 1.54) is 0 Å². The van der Waals surface area contributed by atoms with Crippen LogP contribution in [-0.2, 0) is 26.3 Å². The third-order valence-electron chi connectivity index (χ3n) is 7.03. The molecule has 1 aliphatic rings. The van der Waals surface area contributed by atoms with Gasteiger partial charge in [-0.05, 0) is 58.7 Å². The van der Waals surface area contributed by atoms with E-state index in [1.54, 1.807) is 46.9 Å². The van der Waals surface area contributed by atoms with Gasteiger partial charge in [0.25, 0.3) is 5.56 Å². The van der Waals surface area contributed by atoms with Crippen molar-refractivity contribution in [3.05, 3.63) is 118 Å². The quantitative estimate of drug-likeness (QED) is 0.397. The second kappa shape index (κ2) is 7.94. The molecule has 6 bridgehead atoms. The predicted molar refractivity (Wildman–Crippen MR) is 135 cm³/mol. The van der Waals surface area contributed by atoms with Crippen LogP contribution in [-0.4, -0.2) is 19.2 Å². The third kappa shape index (κ3) is 3.16. The Kier molecular flexibility index (Phi) is 4.82. The number of imidazole rings is 1. The molecule has 3 aromatic carbocycles. The van der Waals surface area contributed by atoms with E-state index < -0.39 is 5.60 Å². The summed E-state index contributed by atoms with van der Waals surface area (Å²) in [6, 6.07) is 22.3. The first kappa shape index (κ1) is 21.8. The van der Waals surface area contributed by atoms with Crippen LogP contribution in [0.5, 0.6) is 5.75 Å². The number of nitrogens with zero attached hydrogens (tertiary/aromatic N) is 4. The summed E-state index contributed by atoms with van der Waals surface area (Å²) in [5, 5.41) is 23.1. The van der Waals surface area contributed by atoms with E-state index in [-0.39, 0.29) is 12.2 Å². The minimum absolute atomic E-state index is 0.131. The normalized spacial score (nSPS) is 16.5. The average Bonchev–Trinajstić information content (AvgIpc) is 3.34. The first-order valence-corrected chi connectivity index (χ1v) is 11.5. The van der Waals surface area contributed by atoms with Crippen molar-refractivity contribution in [1.29, 1.82) is 5.26 Å². The maximum absolute atomic E-state index is 12.9. The van der Waals surface area contributed by atoms with Crippen LogP contribution in [0.4, 0.5) is 0 Å². The zero-order valence-corrected chi connectivity index (χ0v) is 19.8. The molecule has 0 radical (unpaired) electrons. The van der Waals surface area contributed by atoms with E-state index in [2.05, 4.69) is 11.1 Å². The first-order chi connectivity index (χ1) is 17.4. The summed E-state index contributed by atoms with van der Waals surface area (Å²) in [4.78, 5) is 17.1. The number of aromatic nitrogens is 3. The Labute approximate surface area is 207 Å². The SMILES string of the molecule is Cn1cncc1[C@@]1(O)c2ccc(C#N)c(c2)COc2cccc(c2)-c2cc(=O)n(C)c3ccc1cc23. The van der Waals surface area contributed by atoms with Gasteiger partial charge in [-0.15, -0.1) is 0 Å². The van der Waals surface area contributed by atoms with Gasteiger partial charge < -0.3 is 19.0 Å². The Morgan fingerprint density at radius 3 is 2.64 bits per heavy atom. The molecule has 0 aliphatic carbocycles. The standard InChI is InChI=1S/C29H22N4O3/c1-32-17-31-15-27(32)29(35)21-7-6-19(14-30)20(10-21)16-36-23-5-3-4-18(11-23)24-13-28(34)33(2)26-9-8-22(29)12-25(24)26/h3-13,15,17,35H,16H2,1-2H3/t29-/m1/s1. The first-order valence-electron chi connectivity index (χ1n) is 11.5. The molecule has 0 saturated heterocycles. The van der Waals surface area contributed by atoms with Gasteiger partial charge in [0.1, 0.15) is 12.4 Å². The number of benzene rings is 3. The van der Waals surface area contributed by atoms with E-state index >= 15 is 0 Å². The summed E-state index contributed by atoms with van der Waals surface area (Å²) in [5.74, 6) is 0.618. The van der Waals surface area contributed by atoms with Gasteiger partial charge in [-0.1, -0.05) is 24.3 Å². The van der Waals surface area contributed by atoms with Gasteiger partial charge in [0.05, 0.1) is 35.4 Å². The van der Waals surface area contributed by atoms with Gasteiger partial charge in [0.15, 0.2) is 5.60 Å². The number of rotatable bonds is 1. The van der Waals surface area contributed by atoms with Gasteiger partial charge >= 0.3 is 0 Å². The van der Waals surface area contributed by atoms with Crippen LogP contribution in [0.3, 0.4) is 0 Å². The molecule has 7 nitrogen and oxygen atoms in total. The van der Waals surface area contributed by atoms with E-state index in [4.69, 9.17) is 4.74 Å². The van der Waals surface area contributed by atoms with Crippen LogP contribution in [0.1, 0.15) is 27.9 Å². The van der Waals surface area contributed by atoms with Crippen molar-refractivity contribution in [2.75, 3.05) is 0 Å². The van der Waals surface area contributed by atoms with Crippen LogP contribution >= 0.6 is 0 Å².